The summed E-state index contributed by atoms with van der Waals surface area (Å²) >= 11 is 0. The molecule has 1 aliphatic heterocycles. The van der Waals surface area contributed by atoms with E-state index in [1.807, 2.05) is 29.0 Å². The number of imidazole rings is 1. The van der Waals surface area contributed by atoms with Crippen molar-refractivity contribution >= 4 is 11.9 Å². The number of hydrogen-bond acceptors (Lipinski definition) is 3. The Labute approximate surface area is 124 Å². The van der Waals surface area contributed by atoms with Gasteiger partial charge in [0.25, 0.3) is 5.91 Å². The van der Waals surface area contributed by atoms with Crippen LogP contribution in [0.3, 0.4) is 0 Å². The van der Waals surface area contributed by atoms with E-state index >= 15 is 0 Å². The SMILES string of the molecule is O=C(NCCCc1ccccc1)c1cn2c(n1)NCCC2. The van der Waals surface area contributed by atoms with Crippen LogP contribution in [0.1, 0.15) is 28.9 Å². The summed E-state index contributed by atoms with van der Waals surface area (Å²) in [5.74, 6) is 0.711. The highest BCUT2D eigenvalue weighted by molar-refractivity contribution is 5.92. The van der Waals surface area contributed by atoms with Crippen LogP contribution in [0.4, 0.5) is 5.95 Å². The first-order chi connectivity index (χ1) is 10.3. The molecule has 2 N–H and O–H groups in total. The standard InChI is InChI=1S/C16H20N4O/c21-15(14-12-20-11-5-10-18-16(20)19-14)17-9-4-8-13-6-2-1-3-7-13/h1-3,6-7,12H,4-5,8-11H2,(H,17,21)(H,18,19). The van der Waals surface area contributed by atoms with Gasteiger partial charge < -0.3 is 15.2 Å². The van der Waals surface area contributed by atoms with Crippen LogP contribution in [0.5, 0.6) is 0 Å². The summed E-state index contributed by atoms with van der Waals surface area (Å²) in [4.78, 5) is 16.4. The number of amides is 1. The quantitative estimate of drug-likeness (QED) is 0.826. The molecule has 0 spiro atoms. The van der Waals surface area contributed by atoms with Gasteiger partial charge in [-0.15, -0.1) is 0 Å². The van der Waals surface area contributed by atoms with Crippen molar-refractivity contribution in [2.75, 3.05) is 18.4 Å². The lowest BCUT2D eigenvalue weighted by Crippen LogP contribution is -2.25. The Morgan fingerprint density at radius 2 is 2.19 bits per heavy atom. The van der Waals surface area contributed by atoms with Gasteiger partial charge in [0.2, 0.25) is 5.95 Å². The molecule has 3 rings (SSSR count). The number of nitrogens with one attached hydrogen (secondary N) is 2. The second-order valence-electron chi connectivity index (χ2n) is 5.27. The van der Waals surface area contributed by atoms with Crippen molar-refractivity contribution in [3.05, 3.63) is 47.8 Å². The molecule has 0 fully saturated rings. The van der Waals surface area contributed by atoms with E-state index in [0.29, 0.717) is 12.2 Å². The van der Waals surface area contributed by atoms with E-state index in [-0.39, 0.29) is 5.91 Å². The monoisotopic (exact) mass is 284 g/mol. The van der Waals surface area contributed by atoms with Crippen LogP contribution in [-0.4, -0.2) is 28.5 Å². The van der Waals surface area contributed by atoms with Crippen molar-refractivity contribution in [2.24, 2.45) is 0 Å². The van der Waals surface area contributed by atoms with Crippen LogP contribution in [0.15, 0.2) is 36.5 Å². The van der Waals surface area contributed by atoms with Gasteiger partial charge in [-0.3, -0.25) is 4.79 Å². The zero-order valence-electron chi connectivity index (χ0n) is 12.0. The molecule has 0 saturated carbocycles. The molecule has 0 radical (unpaired) electrons. The zero-order valence-corrected chi connectivity index (χ0v) is 12.0. The van der Waals surface area contributed by atoms with Gasteiger partial charge >= 0.3 is 0 Å². The summed E-state index contributed by atoms with van der Waals surface area (Å²) in [6.07, 6.45) is 4.81. The van der Waals surface area contributed by atoms with E-state index in [0.717, 1.165) is 38.3 Å². The summed E-state index contributed by atoms with van der Waals surface area (Å²) < 4.78 is 2.00. The molecule has 1 aromatic heterocycles. The predicted molar refractivity (Wildman–Crippen MR) is 82.4 cm³/mol. The minimum absolute atomic E-state index is 0.0910. The largest absolute Gasteiger partial charge is 0.356 e. The Balaban J connectivity index is 1.47. The van der Waals surface area contributed by atoms with Crippen molar-refractivity contribution in [3.63, 3.8) is 0 Å². The molecule has 1 aliphatic rings. The van der Waals surface area contributed by atoms with Gasteiger partial charge in [0.15, 0.2) is 0 Å². The third kappa shape index (κ3) is 3.42. The Bertz CT molecular complexity index is 582. The van der Waals surface area contributed by atoms with Gasteiger partial charge in [-0.2, -0.15) is 0 Å². The van der Waals surface area contributed by atoms with E-state index in [1.54, 1.807) is 0 Å². The van der Waals surface area contributed by atoms with Crippen LogP contribution in [-0.2, 0) is 13.0 Å². The Morgan fingerprint density at radius 3 is 3.00 bits per heavy atom. The van der Waals surface area contributed by atoms with Crippen LogP contribution >= 0.6 is 0 Å². The van der Waals surface area contributed by atoms with E-state index in [1.165, 1.54) is 5.56 Å². The summed E-state index contributed by atoms with van der Waals surface area (Å²) in [7, 11) is 0. The molecule has 0 bridgehead atoms. The molecule has 2 heterocycles. The van der Waals surface area contributed by atoms with Gasteiger partial charge in [-0.25, -0.2) is 4.98 Å². The fourth-order valence-corrected chi connectivity index (χ4v) is 2.52. The second kappa shape index (κ2) is 6.43. The second-order valence-corrected chi connectivity index (χ2v) is 5.27. The third-order valence-electron chi connectivity index (χ3n) is 3.64. The van der Waals surface area contributed by atoms with Gasteiger partial charge in [0.1, 0.15) is 5.69 Å². The molecule has 21 heavy (non-hydrogen) atoms. The lowest BCUT2D eigenvalue weighted by Gasteiger charge is -2.14. The van der Waals surface area contributed by atoms with Crippen molar-refractivity contribution in [2.45, 2.75) is 25.8 Å². The van der Waals surface area contributed by atoms with Crippen LogP contribution in [0.25, 0.3) is 0 Å². The summed E-state index contributed by atoms with van der Waals surface area (Å²) in [5, 5.41) is 6.13. The smallest absolute Gasteiger partial charge is 0.271 e. The first-order valence-corrected chi connectivity index (χ1v) is 7.46. The number of anilines is 1. The first kappa shape index (κ1) is 13.7. The average molecular weight is 284 g/mol. The van der Waals surface area contributed by atoms with Gasteiger partial charge in [-0.1, -0.05) is 30.3 Å². The molecular formula is C16H20N4O. The maximum absolute atomic E-state index is 12.1. The molecule has 110 valence electrons. The zero-order chi connectivity index (χ0) is 14.5. The average Bonchev–Trinajstić information content (AvgIpc) is 2.96. The van der Waals surface area contributed by atoms with Crippen molar-refractivity contribution in [3.8, 4) is 0 Å². The van der Waals surface area contributed by atoms with E-state index in [4.69, 9.17) is 0 Å². The molecule has 1 aromatic carbocycles. The van der Waals surface area contributed by atoms with Crippen LogP contribution in [0.2, 0.25) is 0 Å². The number of aryl methyl sites for hydroxylation is 2. The lowest BCUT2D eigenvalue weighted by molar-refractivity contribution is 0.0948. The number of carbonyl (C=O) groups excluding carboxylic acids is 1. The van der Waals surface area contributed by atoms with E-state index in [2.05, 4.69) is 27.8 Å². The first-order valence-electron chi connectivity index (χ1n) is 7.46. The third-order valence-corrected chi connectivity index (χ3v) is 3.64. The van der Waals surface area contributed by atoms with Crippen molar-refractivity contribution < 1.29 is 4.79 Å². The van der Waals surface area contributed by atoms with Crippen molar-refractivity contribution in [1.29, 1.82) is 0 Å². The normalized spacial score (nSPS) is 13.3. The maximum atomic E-state index is 12.1. The minimum atomic E-state index is -0.0910. The molecule has 5 heteroatoms. The van der Waals surface area contributed by atoms with Crippen LogP contribution in [0, 0.1) is 0 Å². The maximum Gasteiger partial charge on any atom is 0.271 e. The summed E-state index contributed by atoms with van der Waals surface area (Å²) in [5.41, 5.74) is 1.80. The molecule has 2 aromatic rings. The summed E-state index contributed by atoms with van der Waals surface area (Å²) in [6.45, 7) is 2.52. The number of hydrogen-bond donors (Lipinski definition) is 2. The lowest BCUT2D eigenvalue weighted by atomic mass is 10.1. The molecule has 0 atom stereocenters. The Hall–Kier alpha value is -2.30. The fraction of sp³-hybridized carbons (Fsp3) is 0.375. The highest BCUT2D eigenvalue weighted by atomic mass is 16.1. The number of aromatic nitrogens is 2. The van der Waals surface area contributed by atoms with Gasteiger partial charge in [0, 0.05) is 25.8 Å². The molecule has 5 nitrogen and oxygen atoms in total. The highest BCUT2D eigenvalue weighted by Crippen LogP contribution is 2.13. The topological polar surface area (TPSA) is 59.0 Å². The summed E-state index contributed by atoms with van der Waals surface area (Å²) in [6, 6.07) is 10.3. The van der Waals surface area contributed by atoms with Gasteiger partial charge in [-0.05, 0) is 24.8 Å². The Kier molecular flexibility index (Phi) is 4.19. The highest BCUT2D eigenvalue weighted by Gasteiger charge is 2.15. The molecule has 0 aliphatic carbocycles. The number of rotatable bonds is 5. The number of fused-ring (bicyclic) bond motifs is 1. The predicted octanol–water partition coefficient (Wildman–Crippen LogP) is 2.06. The molecule has 0 saturated heterocycles. The van der Waals surface area contributed by atoms with E-state index < -0.39 is 0 Å². The number of carbonyl (C=O) groups is 1. The van der Waals surface area contributed by atoms with E-state index in [9.17, 15) is 4.79 Å². The number of benzene rings is 1. The number of nitrogens with zero attached hydrogens (tertiary/aromatic N) is 2. The van der Waals surface area contributed by atoms with Crippen LogP contribution < -0.4 is 10.6 Å². The van der Waals surface area contributed by atoms with Gasteiger partial charge in [0.05, 0.1) is 0 Å². The molecule has 1 amide bonds. The minimum Gasteiger partial charge on any atom is -0.356 e. The molecule has 0 unspecified atom stereocenters. The molecular weight excluding hydrogens is 264 g/mol. The fourth-order valence-electron chi connectivity index (χ4n) is 2.52. The Morgan fingerprint density at radius 1 is 1.33 bits per heavy atom. The van der Waals surface area contributed by atoms with Crippen molar-refractivity contribution in [1.82, 2.24) is 14.9 Å².